The van der Waals surface area contributed by atoms with E-state index in [1.807, 2.05) is 66.7 Å². The van der Waals surface area contributed by atoms with Crippen LogP contribution in [0.3, 0.4) is 0 Å². The Hall–Kier alpha value is -5.15. The van der Waals surface area contributed by atoms with E-state index in [0.29, 0.717) is 10.7 Å². The van der Waals surface area contributed by atoms with Crippen LogP contribution in [0.25, 0.3) is 33.6 Å². The van der Waals surface area contributed by atoms with Crippen LogP contribution in [-0.2, 0) is 21.4 Å². The van der Waals surface area contributed by atoms with Gasteiger partial charge in [-0.15, -0.1) is 11.3 Å². The average Bonchev–Trinajstić information content (AvgIpc) is 3.60. The first-order chi connectivity index (χ1) is 22.9. The second kappa shape index (κ2) is 14.7. The van der Waals surface area contributed by atoms with Crippen LogP contribution in [0.5, 0.6) is 5.75 Å². The van der Waals surface area contributed by atoms with Gasteiger partial charge in [0.15, 0.2) is 11.6 Å². The number of carbonyl (C=O) groups is 3. The monoisotopic (exact) mass is 661 g/mol. The lowest BCUT2D eigenvalue weighted by molar-refractivity contribution is -0.141. The number of Topliss-reactive ketones (excluding diaryl/α,β-unsaturated/α-hetero) is 1. The Labute approximate surface area is 284 Å². The molecule has 0 radical (unpaired) electrons. The molecular weight excluding hydrogens is 623 g/mol. The van der Waals surface area contributed by atoms with E-state index < -0.39 is 23.8 Å². The van der Waals surface area contributed by atoms with E-state index in [0.717, 1.165) is 44.0 Å². The number of nitrogens with one attached hydrogen (secondary N) is 1. The quantitative estimate of drug-likeness (QED) is 0.131. The van der Waals surface area contributed by atoms with E-state index >= 15 is 0 Å². The van der Waals surface area contributed by atoms with Crippen molar-refractivity contribution < 1.29 is 24.2 Å². The Morgan fingerprint density at radius 2 is 1.33 bits per heavy atom. The number of benzene rings is 3. The molecule has 0 fully saturated rings. The maximum absolute atomic E-state index is 13.3. The molecule has 0 saturated heterocycles. The second-order valence-corrected chi connectivity index (χ2v) is 13.9. The number of aliphatic carboxylic acids is 1. The van der Waals surface area contributed by atoms with Crippen molar-refractivity contribution >= 4 is 29.0 Å². The number of nitrogens with zero attached hydrogens (tertiary/aromatic N) is 2. The van der Waals surface area contributed by atoms with Crippen molar-refractivity contribution in [1.29, 1.82) is 0 Å². The third kappa shape index (κ3) is 8.41. The summed E-state index contributed by atoms with van der Waals surface area (Å²) in [5.74, 6) is -1.10. The molecule has 9 heteroatoms. The number of carboxylic acid groups (broad SMARTS) is 1. The fourth-order valence-corrected chi connectivity index (χ4v) is 6.22. The van der Waals surface area contributed by atoms with E-state index in [1.165, 1.54) is 18.3 Å². The van der Waals surface area contributed by atoms with Gasteiger partial charge in [0.2, 0.25) is 5.91 Å². The topological polar surface area (TPSA) is 118 Å². The smallest absolute Gasteiger partial charge is 0.325 e. The molecule has 8 nitrogen and oxygen atoms in total. The SMILES string of the molecule is COc1ccc(-c2ccc(-c3cnc(-c4ccc(C[C@H](CC(=O)c5ccc(C(C)(C)C)s5)C(=O)N[C@H](C)C(=O)O)cc4)nc3)cc2)cc1. The van der Waals surface area contributed by atoms with Gasteiger partial charge in [-0.05, 0) is 65.3 Å². The molecule has 2 atom stereocenters. The summed E-state index contributed by atoms with van der Waals surface area (Å²) < 4.78 is 5.25. The molecule has 5 rings (SSSR count). The summed E-state index contributed by atoms with van der Waals surface area (Å²) in [6.45, 7) is 7.67. The summed E-state index contributed by atoms with van der Waals surface area (Å²) in [6, 6.07) is 26.4. The molecular formula is C39H39N3O5S. The predicted octanol–water partition coefficient (Wildman–Crippen LogP) is 7.87. The molecule has 3 aromatic carbocycles. The summed E-state index contributed by atoms with van der Waals surface area (Å²) in [4.78, 5) is 48.8. The number of carboxylic acids is 1. The molecule has 2 heterocycles. The molecule has 246 valence electrons. The number of thiophene rings is 1. The van der Waals surface area contributed by atoms with Crippen molar-refractivity contribution in [3.8, 4) is 39.4 Å². The number of amides is 1. The average molecular weight is 662 g/mol. The fraction of sp³-hybridized carbons (Fsp3) is 0.256. The molecule has 0 aliphatic heterocycles. The first kappa shape index (κ1) is 34.2. The van der Waals surface area contributed by atoms with Crippen molar-refractivity contribution in [3.05, 3.63) is 113 Å². The minimum absolute atomic E-state index is 0.0321. The molecule has 48 heavy (non-hydrogen) atoms. The third-order valence-electron chi connectivity index (χ3n) is 8.14. The Morgan fingerprint density at radius 1 is 0.792 bits per heavy atom. The number of ketones is 1. The van der Waals surface area contributed by atoms with Crippen molar-refractivity contribution in [2.75, 3.05) is 7.11 Å². The largest absolute Gasteiger partial charge is 0.497 e. The molecule has 5 aromatic rings. The Balaban J connectivity index is 1.27. The van der Waals surface area contributed by atoms with Gasteiger partial charge in [0, 0.05) is 40.7 Å². The van der Waals surface area contributed by atoms with Gasteiger partial charge in [0.1, 0.15) is 11.8 Å². The van der Waals surface area contributed by atoms with Crippen LogP contribution >= 0.6 is 11.3 Å². The van der Waals surface area contributed by atoms with E-state index in [4.69, 9.17) is 4.74 Å². The summed E-state index contributed by atoms with van der Waals surface area (Å²) in [5.41, 5.74) is 5.65. The van der Waals surface area contributed by atoms with Gasteiger partial charge in [-0.25, -0.2) is 9.97 Å². The van der Waals surface area contributed by atoms with Crippen molar-refractivity contribution in [2.24, 2.45) is 5.92 Å². The lowest BCUT2D eigenvalue weighted by Gasteiger charge is -2.18. The van der Waals surface area contributed by atoms with Gasteiger partial charge < -0.3 is 15.2 Å². The highest BCUT2D eigenvalue weighted by molar-refractivity contribution is 7.14. The molecule has 0 saturated carbocycles. The minimum Gasteiger partial charge on any atom is -0.497 e. The van der Waals surface area contributed by atoms with Crippen LogP contribution < -0.4 is 10.1 Å². The third-order valence-corrected chi connectivity index (χ3v) is 9.69. The lowest BCUT2D eigenvalue weighted by atomic mass is 9.92. The zero-order valence-electron chi connectivity index (χ0n) is 27.7. The first-order valence-corrected chi connectivity index (χ1v) is 16.6. The molecule has 2 aromatic heterocycles. The molecule has 0 aliphatic carbocycles. The van der Waals surface area contributed by atoms with Gasteiger partial charge >= 0.3 is 5.97 Å². The Bertz CT molecular complexity index is 1870. The maximum Gasteiger partial charge on any atom is 0.325 e. The van der Waals surface area contributed by atoms with Crippen LogP contribution in [0.15, 0.2) is 97.3 Å². The van der Waals surface area contributed by atoms with E-state index in [1.54, 1.807) is 25.6 Å². The molecule has 0 unspecified atom stereocenters. The number of methoxy groups -OCH3 is 1. The molecule has 0 bridgehead atoms. The Kier molecular flexibility index (Phi) is 10.5. The summed E-state index contributed by atoms with van der Waals surface area (Å²) >= 11 is 1.43. The lowest BCUT2D eigenvalue weighted by Crippen LogP contribution is -2.42. The molecule has 0 spiro atoms. The van der Waals surface area contributed by atoms with Gasteiger partial charge in [-0.1, -0.05) is 81.4 Å². The standard InChI is InChI=1S/C39H39N3O5S/c1-24(38(45)46)42-37(44)30(21-33(43)34-18-19-35(48-34)39(2,3)4)20-25-6-8-29(9-7-25)36-40-22-31(23-41-36)28-12-10-26(11-13-28)27-14-16-32(47-5)17-15-27/h6-19,22-24,30H,20-21H2,1-5H3,(H,42,44)(H,45,46)/t24-,30-/m1/s1. The van der Waals surface area contributed by atoms with Crippen LogP contribution in [-0.4, -0.2) is 45.9 Å². The number of carbonyl (C=O) groups excluding carboxylic acids is 2. The van der Waals surface area contributed by atoms with Crippen LogP contribution in [0, 0.1) is 5.92 Å². The van der Waals surface area contributed by atoms with Crippen LogP contribution in [0.1, 0.15) is 54.2 Å². The van der Waals surface area contributed by atoms with Crippen molar-refractivity contribution in [3.63, 3.8) is 0 Å². The minimum atomic E-state index is -1.14. The second-order valence-electron chi connectivity index (χ2n) is 12.8. The van der Waals surface area contributed by atoms with Crippen LogP contribution in [0.2, 0.25) is 0 Å². The van der Waals surface area contributed by atoms with Gasteiger partial charge in [0.05, 0.1) is 12.0 Å². The summed E-state index contributed by atoms with van der Waals surface area (Å²) in [7, 11) is 1.65. The predicted molar refractivity (Wildman–Crippen MR) is 189 cm³/mol. The number of rotatable bonds is 12. The highest BCUT2D eigenvalue weighted by Gasteiger charge is 2.27. The van der Waals surface area contributed by atoms with E-state index in [2.05, 4.69) is 48.2 Å². The molecule has 1 amide bonds. The van der Waals surface area contributed by atoms with E-state index in [9.17, 15) is 19.5 Å². The Morgan fingerprint density at radius 3 is 1.85 bits per heavy atom. The van der Waals surface area contributed by atoms with Gasteiger partial charge in [-0.3, -0.25) is 14.4 Å². The number of hydrogen-bond acceptors (Lipinski definition) is 7. The number of aromatic nitrogens is 2. The van der Waals surface area contributed by atoms with Gasteiger partial charge in [0.25, 0.3) is 0 Å². The zero-order valence-corrected chi connectivity index (χ0v) is 28.5. The number of ether oxygens (including phenoxy) is 1. The van der Waals surface area contributed by atoms with Crippen molar-refractivity contribution in [1.82, 2.24) is 15.3 Å². The number of hydrogen-bond donors (Lipinski definition) is 2. The molecule has 0 aliphatic rings. The van der Waals surface area contributed by atoms with Gasteiger partial charge in [-0.2, -0.15) is 0 Å². The first-order valence-electron chi connectivity index (χ1n) is 15.7. The highest BCUT2D eigenvalue weighted by Crippen LogP contribution is 2.31. The summed E-state index contributed by atoms with van der Waals surface area (Å²) in [6.07, 6.45) is 3.83. The van der Waals surface area contributed by atoms with Crippen molar-refractivity contribution in [2.45, 2.75) is 52.0 Å². The zero-order chi connectivity index (χ0) is 34.4. The molecule has 2 N–H and O–H groups in total. The summed E-state index contributed by atoms with van der Waals surface area (Å²) in [5, 5.41) is 11.9. The van der Waals surface area contributed by atoms with E-state index in [-0.39, 0.29) is 24.0 Å². The maximum atomic E-state index is 13.3. The highest BCUT2D eigenvalue weighted by atomic mass is 32.1. The fourth-order valence-electron chi connectivity index (χ4n) is 5.20. The van der Waals surface area contributed by atoms with Crippen LogP contribution in [0.4, 0.5) is 0 Å². The normalized spacial score (nSPS) is 12.6.